The summed E-state index contributed by atoms with van der Waals surface area (Å²) < 4.78 is 0. The zero-order valence-corrected chi connectivity index (χ0v) is 11.5. The second-order valence-corrected chi connectivity index (χ2v) is 5.46. The van der Waals surface area contributed by atoms with Crippen molar-refractivity contribution in [1.29, 1.82) is 0 Å². The Bertz CT molecular complexity index is 305. The summed E-state index contributed by atoms with van der Waals surface area (Å²) in [7, 11) is 0. The van der Waals surface area contributed by atoms with Crippen LogP contribution in [0.4, 0.5) is 0 Å². The molecule has 0 radical (unpaired) electrons. The van der Waals surface area contributed by atoms with E-state index in [4.69, 9.17) is 5.11 Å². The van der Waals surface area contributed by atoms with Crippen LogP contribution in [0.3, 0.4) is 0 Å². The molecule has 2 atom stereocenters. The fraction of sp³-hybridized carbons (Fsp3) is 0.846. The van der Waals surface area contributed by atoms with Crippen molar-refractivity contribution in [2.75, 3.05) is 13.1 Å². The molecule has 2 unspecified atom stereocenters. The highest BCUT2D eigenvalue weighted by Crippen LogP contribution is 2.18. The Labute approximate surface area is 109 Å². The average molecular weight is 256 g/mol. The Kier molecular flexibility index (Phi) is 5.59. The maximum absolute atomic E-state index is 11.8. The number of hydrogen-bond donors (Lipinski definition) is 2. The third kappa shape index (κ3) is 4.29. The van der Waals surface area contributed by atoms with Crippen molar-refractivity contribution in [2.24, 2.45) is 5.92 Å². The standard InChI is InChI=1S/C13H24N2O3/c1-9(2)4-5-10(3)15-7-6-14-13(18)11(15)8-12(16)17/h9-11H,4-8H2,1-3H3,(H,14,18)(H,16,17). The summed E-state index contributed by atoms with van der Waals surface area (Å²) in [5.74, 6) is -0.442. The first-order valence-electron chi connectivity index (χ1n) is 6.67. The molecule has 5 heteroatoms. The van der Waals surface area contributed by atoms with E-state index in [1.807, 2.05) is 4.90 Å². The van der Waals surface area contributed by atoms with Crippen LogP contribution in [0.1, 0.15) is 40.0 Å². The normalized spacial score (nSPS) is 22.9. The van der Waals surface area contributed by atoms with Crippen molar-refractivity contribution < 1.29 is 14.7 Å². The molecule has 0 aromatic heterocycles. The van der Waals surface area contributed by atoms with E-state index >= 15 is 0 Å². The van der Waals surface area contributed by atoms with E-state index in [1.54, 1.807) is 0 Å². The minimum absolute atomic E-state index is 0.113. The van der Waals surface area contributed by atoms with Crippen molar-refractivity contribution in [1.82, 2.24) is 10.2 Å². The van der Waals surface area contributed by atoms with Gasteiger partial charge in [0, 0.05) is 19.1 Å². The lowest BCUT2D eigenvalue weighted by atomic mass is 10.00. The number of nitrogens with zero attached hydrogens (tertiary/aromatic N) is 1. The second kappa shape index (κ2) is 6.73. The molecule has 1 fully saturated rings. The van der Waals surface area contributed by atoms with Crippen LogP contribution in [-0.4, -0.2) is 47.1 Å². The van der Waals surface area contributed by atoms with Crippen LogP contribution in [0.2, 0.25) is 0 Å². The SMILES string of the molecule is CC(C)CCC(C)N1CCNC(=O)C1CC(=O)O. The minimum Gasteiger partial charge on any atom is -0.481 e. The molecule has 0 aliphatic carbocycles. The number of carboxylic acids is 1. The molecule has 1 heterocycles. The summed E-state index contributed by atoms with van der Waals surface area (Å²) in [6, 6.07) is -0.263. The first-order chi connectivity index (χ1) is 8.41. The zero-order chi connectivity index (χ0) is 13.7. The number of amides is 1. The molecule has 0 aromatic rings. The number of rotatable bonds is 6. The van der Waals surface area contributed by atoms with Gasteiger partial charge in [-0.25, -0.2) is 0 Å². The molecule has 0 spiro atoms. The van der Waals surface area contributed by atoms with Gasteiger partial charge in [-0.05, 0) is 25.7 Å². The summed E-state index contributed by atoms with van der Waals surface area (Å²) in [5.41, 5.74) is 0. The van der Waals surface area contributed by atoms with Gasteiger partial charge in [-0.3, -0.25) is 14.5 Å². The first kappa shape index (κ1) is 15.0. The van der Waals surface area contributed by atoms with E-state index in [0.29, 0.717) is 12.5 Å². The van der Waals surface area contributed by atoms with Crippen LogP contribution >= 0.6 is 0 Å². The fourth-order valence-corrected chi connectivity index (χ4v) is 2.38. The summed E-state index contributed by atoms with van der Waals surface area (Å²) in [5, 5.41) is 11.6. The molecular formula is C13H24N2O3. The zero-order valence-electron chi connectivity index (χ0n) is 11.5. The lowest BCUT2D eigenvalue weighted by Gasteiger charge is -2.38. The maximum atomic E-state index is 11.8. The molecule has 0 aromatic carbocycles. The van der Waals surface area contributed by atoms with E-state index in [2.05, 4.69) is 26.1 Å². The van der Waals surface area contributed by atoms with E-state index in [1.165, 1.54) is 0 Å². The summed E-state index contributed by atoms with van der Waals surface area (Å²) in [4.78, 5) is 24.6. The van der Waals surface area contributed by atoms with Gasteiger partial charge in [-0.1, -0.05) is 13.8 Å². The van der Waals surface area contributed by atoms with E-state index in [9.17, 15) is 9.59 Å². The molecule has 1 saturated heterocycles. The Morgan fingerprint density at radius 1 is 1.44 bits per heavy atom. The minimum atomic E-state index is -0.918. The predicted octanol–water partition coefficient (Wildman–Crippen LogP) is 1.09. The number of carboxylic acid groups (broad SMARTS) is 1. The molecule has 1 aliphatic heterocycles. The lowest BCUT2D eigenvalue weighted by Crippen LogP contribution is -2.58. The van der Waals surface area contributed by atoms with Crippen LogP contribution in [0.25, 0.3) is 0 Å². The molecule has 2 N–H and O–H groups in total. The summed E-state index contributed by atoms with van der Waals surface area (Å²) >= 11 is 0. The topological polar surface area (TPSA) is 69.6 Å². The van der Waals surface area contributed by atoms with Crippen molar-refractivity contribution in [2.45, 2.75) is 52.1 Å². The van der Waals surface area contributed by atoms with Crippen LogP contribution in [-0.2, 0) is 9.59 Å². The van der Waals surface area contributed by atoms with Gasteiger partial charge in [-0.2, -0.15) is 0 Å². The van der Waals surface area contributed by atoms with Gasteiger partial charge in [0.1, 0.15) is 0 Å². The second-order valence-electron chi connectivity index (χ2n) is 5.46. The maximum Gasteiger partial charge on any atom is 0.305 e. The summed E-state index contributed by atoms with van der Waals surface area (Å²) in [6.07, 6.45) is 1.98. The monoisotopic (exact) mass is 256 g/mol. The van der Waals surface area contributed by atoms with Crippen LogP contribution in [0.15, 0.2) is 0 Å². The molecule has 104 valence electrons. The molecule has 5 nitrogen and oxygen atoms in total. The Balaban J connectivity index is 2.63. The van der Waals surface area contributed by atoms with Gasteiger partial charge < -0.3 is 10.4 Å². The third-order valence-electron chi connectivity index (χ3n) is 3.47. The van der Waals surface area contributed by atoms with Gasteiger partial charge in [0.05, 0.1) is 12.5 Å². The molecule has 0 bridgehead atoms. The van der Waals surface area contributed by atoms with Crippen molar-refractivity contribution >= 4 is 11.9 Å². The summed E-state index contributed by atoms with van der Waals surface area (Å²) in [6.45, 7) is 7.77. The smallest absolute Gasteiger partial charge is 0.305 e. The Morgan fingerprint density at radius 3 is 2.67 bits per heavy atom. The number of nitrogens with one attached hydrogen (secondary N) is 1. The van der Waals surface area contributed by atoms with Crippen LogP contribution < -0.4 is 5.32 Å². The number of carbonyl (C=O) groups is 2. The van der Waals surface area contributed by atoms with E-state index in [-0.39, 0.29) is 18.4 Å². The molecule has 1 aliphatic rings. The number of piperazine rings is 1. The first-order valence-corrected chi connectivity index (χ1v) is 6.67. The third-order valence-corrected chi connectivity index (χ3v) is 3.47. The number of hydrogen-bond acceptors (Lipinski definition) is 3. The van der Waals surface area contributed by atoms with Crippen molar-refractivity contribution in [3.63, 3.8) is 0 Å². The highest BCUT2D eigenvalue weighted by Gasteiger charge is 2.34. The highest BCUT2D eigenvalue weighted by atomic mass is 16.4. The fourth-order valence-electron chi connectivity index (χ4n) is 2.38. The van der Waals surface area contributed by atoms with Gasteiger partial charge in [0.2, 0.25) is 5.91 Å². The molecule has 18 heavy (non-hydrogen) atoms. The predicted molar refractivity (Wildman–Crippen MR) is 69.3 cm³/mol. The molecule has 0 saturated carbocycles. The quantitative estimate of drug-likeness (QED) is 0.746. The molecule has 1 amide bonds. The Hall–Kier alpha value is -1.10. The van der Waals surface area contributed by atoms with Gasteiger partial charge in [0.25, 0.3) is 0 Å². The van der Waals surface area contributed by atoms with E-state index in [0.717, 1.165) is 19.4 Å². The Morgan fingerprint density at radius 2 is 2.11 bits per heavy atom. The largest absolute Gasteiger partial charge is 0.481 e. The van der Waals surface area contributed by atoms with Gasteiger partial charge in [0.15, 0.2) is 0 Å². The average Bonchev–Trinajstić information content (AvgIpc) is 2.28. The molecule has 1 rings (SSSR count). The van der Waals surface area contributed by atoms with Crippen molar-refractivity contribution in [3.05, 3.63) is 0 Å². The van der Waals surface area contributed by atoms with Gasteiger partial charge >= 0.3 is 5.97 Å². The van der Waals surface area contributed by atoms with Crippen molar-refractivity contribution in [3.8, 4) is 0 Å². The van der Waals surface area contributed by atoms with E-state index < -0.39 is 12.0 Å². The molecular weight excluding hydrogens is 232 g/mol. The van der Waals surface area contributed by atoms with Gasteiger partial charge in [-0.15, -0.1) is 0 Å². The van der Waals surface area contributed by atoms with Crippen LogP contribution in [0, 0.1) is 5.92 Å². The van der Waals surface area contributed by atoms with Crippen LogP contribution in [0.5, 0.6) is 0 Å². The highest BCUT2D eigenvalue weighted by molar-refractivity contribution is 5.86. The number of carbonyl (C=O) groups excluding carboxylic acids is 1. The number of aliphatic carboxylic acids is 1. The lowest BCUT2D eigenvalue weighted by molar-refractivity contribution is -0.143.